The highest BCUT2D eigenvalue weighted by atomic mass is 31.1. The van der Waals surface area contributed by atoms with Gasteiger partial charge in [-0.05, 0) is 60.6 Å². The second-order valence-corrected chi connectivity index (χ2v) is 12.3. The summed E-state index contributed by atoms with van der Waals surface area (Å²) in [4.78, 5) is 18.7. The maximum Gasteiger partial charge on any atom is 0.387 e. The van der Waals surface area contributed by atoms with E-state index in [0.29, 0.717) is 21.2 Å². The summed E-state index contributed by atoms with van der Waals surface area (Å²) < 4.78 is 63.5. The number of amides is 1. The lowest BCUT2D eigenvalue weighted by Gasteiger charge is -2.37. The summed E-state index contributed by atoms with van der Waals surface area (Å²) in [5.41, 5.74) is 0.710. The molecule has 3 aromatic carbocycles. The molecule has 1 amide bonds. The Balaban J connectivity index is 1.60. The molecule has 0 fully saturated rings. The van der Waals surface area contributed by atoms with Crippen LogP contribution in [0.2, 0.25) is 0 Å². The fourth-order valence-corrected chi connectivity index (χ4v) is 6.48. The number of nitrogens with zero attached hydrogens (tertiary/aromatic N) is 3. The third-order valence-corrected chi connectivity index (χ3v) is 8.63. The van der Waals surface area contributed by atoms with Crippen LogP contribution in [-0.4, -0.2) is 64.2 Å². The van der Waals surface area contributed by atoms with E-state index in [0.717, 1.165) is 0 Å². The van der Waals surface area contributed by atoms with Crippen LogP contribution in [0.25, 0.3) is 22.2 Å². The molecule has 2 aliphatic rings. The van der Waals surface area contributed by atoms with Crippen molar-refractivity contribution in [2.75, 3.05) is 13.3 Å². The van der Waals surface area contributed by atoms with E-state index in [4.69, 9.17) is 12.6 Å². The lowest BCUT2D eigenvalue weighted by Crippen LogP contribution is -2.53. The topological polar surface area (TPSA) is 87.8 Å². The minimum absolute atomic E-state index is 0.00110. The average molecular weight is 569 g/mol. The summed E-state index contributed by atoms with van der Waals surface area (Å²) in [5.74, 6) is -5.57. The molecule has 4 aromatic rings. The van der Waals surface area contributed by atoms with Gasteiger partial charge in [-0.25, -0.2) is 13.8 Å². The fourth-order valence-electron chi connectivity index (χ4n) is 5.74. The first-order valence-corrected chi connectivity index (χ1v) is 14.4. The maximum atomic E-state index is 15.2. The first-order chi connectivity index (χ1) is 18.9. The van der Waals surface area contributed by atoms with Crippen LogP contribution < -0.4 is 10.0 Å². The van der Waals surface area contributed by atoms with E-state index < -0.39 is 50.0 Å². The molecule has 3 heterocycles. The standard InChI is InChI=1S/C27H21BF4N3O4P/c1-40(2)13-9-15(29)22(16(30)10-13)12-6-7-17-18(8-12)34-19-11-20(24(34)33-17)35(27(28,37)38)25(36)14-4-3-5-21(23(14)19)39-26(31)32/h3-10,19-20,26,37-38H,11H2,1-2H3/t19-,20?/m1/s1. The molecule has 2 atom stereocenters. The van der Waals surface area contributed by atoms with E-state index in [1.54, 1.807) is 10.6 Å². The zero-order valence-corrected chi connectivity index (χ0v) is 22.0. The number of aliphatic hydroxyl groups is 2. The number of ether oxygens (including phenoxy) is 1. The molecule has 0 saturated carbocycles. The molecular weight excluding hydrogens is 548 g/mol. The molecule has 2 radical (unpaired) electrons. The number of hydrogen-bond acceptors (Lipinski definition) is 5. The number of alkyl halides is 2. The Kier molecular flexibility index (Phi) is 6.21. The van der Waals surface area contributed by atoms with Crippen LogP contribution in [0.4, 0.5) is 17.6 Å². The van der Waals surface area contributed by atoms with Gasteiger partial charge in [-0.1, -0.05) is 20.1 Å². The third-order valence-electron chi connectivity index (χ3n) is 7.34. The molecule has 1 unspecified atom stereocenters. The van der Waals surface area contributed by atoms with Crippen LogP contribution in [0, 0.1) is 11.6 Å². The van der Waals surface area contributed by atoms with Crippen LogP contribution in [0.1, 0.15) is 40.3 Å². The normalized spacial score (nSPS) is 18.4. The van der Waals surface area contributed by atoms with Crippen molar-refractivity contribution in [2.24, 2.45) is 0 Å². The van der Waals surface area contributed by atoms with E-state index in [-0.39, 0.29) is 40.2 Å². The largest absolute Gasteiger partial charge is 0.434 e. The van der Waals surface area contributed by atoms with Gasteiger partial charge in [0.05, 0.1) is 28.7 Å². The first kappa shape index (κ1) is 26.7. The van der Waals surface area contributed by atoms with Crippen molar-refractivity contribution in [3.8, 4) is 16.9 Å². The van der Waals surface area contributed by atoms with Gasteiger partial charge >= 0.3 is 6.61 Å². The second-order valence-electron chi connectivity index (χ2n) is 9.95. The van der Waals surface area contributed by atoms with Crippen LogP contribution in [0.3, 0.4) is 0 Å². The highest BCUT2D eigenvalue weighted by Crippen LogP contribution is 2.51. The number of imidazole rings is 1. The predicted octanol–water partition coefficient (Wildman–Crippen LogP) is 4.20. The monoisotopic (exact) mass is 569 g/mol. The Bertz CT molecular complexity index is 1670. The molecule has 2 N–H and O–H groups in total. The molecule has 2 bridgehead atoms. The summed E-state index contributed by atoms with van der Waals surface area (Å²) in [6.45, 7) is 0.574. The molecule has 0 spiro atoms. The predicted molar refractivity (Wildman–Crippen MR) is 141 cm³/mol. The Morgan fingerprint density at radius 1 is 1.10 bits per heavy atom. The number of fused-ring (bicyclic) bond motifs is 9. The van der Waals surface area contributed by atoms with Gasteiger partial charge < -0.3 is 19.5 Å². The second kappa shape index (κ2) is 9.29. The van der Waals surface area contributed by atoms with Crippen molar-refractivity contribution >= 4 is 38.0 Å². The summed E-state index contributed by atoms with van der Waals surface area (Å²) in [5, 5.41) is 21.3. The Morgan fingerprint density at radius 2 is 1.80 bits per heavy atom. The highest BCUT2D eigenvalue weighted by molar-refractivity contribution is 7.64. The molecule has 0 aliphatic carbocycles. The summed E-state index contributed by atoms with van der Waals surface area (Å²) >= 11 is 0. The number of carbonyl (C=O) groups is 1. The Hall–Kier alpha value is -3.47. The minimum Gasteiger partial charge on any atom is -0.434 e. The van der Waals surface area contributed by atoms with Crippen molar-refractivity contribution in [2.45, 2.75) is 30.9 Å². The molecule has 2 aliphatic heterocycles. The highest BCUT2D eigenvalue weighted by Gasteiger charge is 2.50. The van der Waals surface area contributed by atoms with Gasteiger partial charge in [0.1, 0.15) is 23.2 Å². The molecular formula is C27H21BF4N3O4P. The quantitative estimate of drug-likeness (QED) is 0.163. The number of halogens is 4. The molecule has 1 aromatic heterocycles. The number of carbonyl (C=O) groups excluding carboxylic acids is 1. The average Bonchev–Trinajstić information content (AvgIpc) is 3.35. The molecule has 7 nitrogen and oxygen atoms in total. The smallest absolute Gasteiger partial charge is 0.387 e. The first-order valence-electron chi connectivity index (χ1n) is 12.2. The van der Waals surface area contributed by atoms with Crippen molar-refractivity contribution in [3.05, 3.63) is 77.1 Å². The summed E-state index contributed by atoms with van der Waals surface area (Å²) in [6, 6.07) is 9.26. The Labute approximate surface area is 228 Å². The van der Waals surface area contributed by atoms with Gasteiger partial charge in [0.2, 0.25) is 0 Å². The summed E-state index contributed by atoms with van der Waals surface area (Å²) in [6.07, 6.45) is -0.00110. The molecule has 13 heteroatoms. The molecule has 6 rings (SSSR count). The third kappa shape index (κ3) is 4.08. The maximum absolute atomic E-state index is 15.2. The van der Waals surface area contributed by atoms with Crippen LogP contribution in [0.15, 0.2) is 48.5 Å². The molecule has 0 saturated heterocycles. The number of rotatable bonds is 5. The lowest BCUT2D eigenvalue weighted by atomic mass is 9.97. The lowest BCUT2D eigenvalue weighted by molar-refractivity contribution is -0.190. The van der Waals surface area contributed by atoms with Crippen molar-refractivity contribution in [1.29, 1.82) is 0 Å². The Morgan fingerprint density at radius 3 is 2.42 bits per heavy atom. The van der Waals surface area contributed by atoms with E-state index in [2.05, 4.69) is 4.98 Å². The fraction of sp³-hybridized carbons (Fsp3) is 0.259. The summed E-state index contributed by atoms with van der Waals surface area (Å²) in [7, 11) is 4.86. The van der Waals surface area contributed by atoms with Gasteiger partial charge in [0.15, 0.2) is 13.7 Å². The van der Waals surface area contributed by atoms with Crippen molar-refractivity contribution in [3.63, 3.8) is 0 Å². The number of hydrogen-bond donors (Lipinski definition) is 2. The van der Waals surface area contributed by atoms with E-state index in [9.17, 15) is 23.8 Å². The van der Waals surface area contributed by atoms with E-state index in [1.165, 1.54) is 42.5 Å². The zero-order chi connectivity index (χ0) is 28.7. The van der Waals surface area contributed by atoms with Crippen molar-refractivity contribution in [1.82, 2.24) is 14.5 Å². The van der Waals surface area contributed by atoms with Crippen molar-refractivity contribution < 1.29 is 37.3 Å². The van der Waals surface area contributed by atoms with E-state index in [1.807, 2.05) is 13.3 Å². The van der Waals surface area contributed by atoms with E-state index >= 15 is 8.78 Å². The number of aromatic nitrogens is 2. The van der Waals surface area contributed by atoms with Crippen LogP contribution in [-0.2, 0) is 0 Å². The number of benzene rings is 3. The van der Waals surface area contributed by atoms with Gasteiger partial charge in [0.25, 0.3) is 5.91 Å². The van der Waals surface area contributed by atoms with Gasteiger partial charge in [-0.2, -0.15) is 8.78 Å². The molecule has 204 valence electrons. The zero-order valence-electron chi connectivity index (χ0n) is 21.1. The van der Waals surface area contributed by atoms with Gasteiger partial charge in [-0.15, -0.1) is 0 Å². The van der Waals surface area contributed by atoms with Crippen LogP contribution in [0.5, 0.6) is 5.75 Å². The van der Waals surface area contributed by atoms with Gasteiger partial charge in [0, 0.05) is 17.5 Å². The van der Waals surface area contributed by atoms with Gasteiger partial charge in [-0.3, -0.25) is 9.69 Å². The SMILES string of the molecule is [B]C(O)(O)N1C(=O)c2cccc(OC(F)F)c2[C@H]2CC1c1nc3ccc(-c4c(F)cc(P(C)C)cc4F)cc3n12. The van der Waals surface area contributed by atoms with Crippen LogP contribution >= 0.6 is 7.92 Å². The molecule has 40 heavy (non-hydrogen) atoms. The minimum atomic E-state index is -3.20.